The van der Waals surface area contributed by atoms with E-state index in [-0.39, 0.29) is 16.2 Å². The lowest BCUT2D eigenvalue weighted by molar-refractivity contribution is 0.529. The van der Waals surface area contributed by atoms with Gasteiger partial charge in [-0.05, 0) is 132 Å². The number of hydrogen-bond donors (Lipinski definition) is 0. The number of nitrogens with zero attached hydrogens (tertiary/aromatic N) is 1. The Labute approximate surface area is 401 Å². The normalized spacial score (nSPS) is 14.4. The maximum atomic E-state index is 6.54. The van der Waals surface area contributed by atoms with Gasteiger partial charge in [-0.25, -0.2) is 0 Å². The predicted molar refractivity (Wildman–Crippen MR) is 286 cm³/mol. The molecule has 332 valence electrons. The van der Waals surface area contributed by atoms with Crippen LogP contribution in [0.25, 0.3) is 55.3 Å². The van der Waals surface area contributed by atoms with Crippen LogP contribution in [0.15, 0.2) is 205 Å². The Morgan fingerprint density at radius 1 is 0.382 bits per heavy atom. The summed E-state index contributed by atoms with van der Waals surface area (Å²) in [5.74, 6) is 0. The topological polar surface area (TPSA) is 16.4 Å². The Hall–Kier alpha value is -7.42. The van der Waals surface area contributed by atoms with E-state index >= 15 is 0 Å². The second-order valence-corrected chi connectivity index (χ2v) is 21.7. The maximum Gasteiger partial charge on any atom is 0.143 e. The molecule has 0 radical (unpaired) electrons. The molecule has 0 saturated heterocycles. The molecule has 10 aromatic rings. The largest absolute Gasteiger partial charge is 0.455 e. The van der Waals surface area contributed by atoms with Gasteiger partial charge in [-0.3, -0.25) is 0 Å². The average Bonchev–Trinajstić information content (AvgIpc) is 3.95. The number of fused-ring (bicyclic) bond motifs is 9. The van der Waals surface area contributed by atoms with Gasteiger partial charge < -0.3 is 9.32 Å². The standard InChI is InChI=1S/C66H57NO/c1-63(2,3)59-40-54-53-38-46(35-37-56(53)66(43-20-11-9-12-21-43,44-22-13-10-14-23-44)58(54)41-60(59)64(4,5)6)67(47-34-36-50-49-24-15-17-28-55(49)65(7,8)57(50)39-47)45-32-30-42(31-33-45)48-26-19-27-52-51-25-16-18-29-61(51)68-62(48)52/h9-41H,1-8H3. The molecule has 0 aliphatic heterocycles. The molecular weight excluding hydrogens is 823 g/mol. The van der Waals surface area contributed by atoms with Gasteiger partial charge in [0.25, 0.3) is 0 Å². The van der Waals surface area contributed by atoms with Crippen molar-refractivity contribution in [2.45, 2.75) is 77.0 Å². The number of benzene rings is 9. The summed E-state index contributed by atoms with van der Waals surface area (Å²) < 4.78 is 6.54. The van der Waals surface area contributed by atoms with E-state index in [4.69, 9.17) is 4.42 Å². The molecule has 2 heteroatoms. The van der Waals surface area contributed by atoms with Gasteiger partial charge in [-0.1, -0.05) is 207 Å². The first-order chi connectivity index (χ1) is 32.7. The smallest absolute Gasteiger partial charge is 0.143 e. The van der Waals surface area contributed by atoms with Crippen LogP contribution in [-0.4, -0.2) is 0 Å². The molecule has 1 aromatic heterocycles. The zero-order valence-corrected chi connectivity index (χ0v) is 40.4. The van der Waals surface area contributed by atoms with Gasteiger partial charge >= 0.3 is 0 Å². The van der Waals surface area contributed by atoms with Gasteiger partial charge in [-0.15, -0.1) is 0 Å². The van der Waals surface area contributed by atoms with Gasteiger partial charge in [0.2, 0.25) is 0 Å². The van der Waals surface area contributed by atoms with E-state index in [2.05, 4.69) is 254 Å². The molecular formula is C66H57NO. The first kappa shape index (κ1) is 42.0. The van der Waals surface area contributed by atoms with Crippen LogP contribution in [-0.2, 0) is 21.7 Å². The van der Waals surface area contributed by atoms with Gasteiger partial charge in [0.05, 0.1) is 5.41 Å². The molecule has 12 rings (SSSR count). The highest BCUT2D eigenvalue weighted by Crippen LogP contribution is 2.59. The lowest BCUT2D eigenvalue weighted by Gasteiger charge is -2.36. The molecule has 0 atom stereocenters. The molecule has 2 aliphatic carbocycles. The van der Waals surface area contributed by atoms with E-state index in [0.717, 1.165) is 50.1 Å². The Morgan fingerprint density at radius 3 is 1.63 bits per heavy atom. The van der Waals surface area contributed by atoms with Crippen LogP contribution in [0.4, 0.5) is 17.1 Å². The second-order valence-electron chi connectivity index (χ2n) is 21.7. The number of para-hydroxylation sites is 2. The van der Waals surface area contributed by atoms with Gasteiger partial charge in [0, 0.05) is 38.8 Å². The monoisotopic (exact) mass is 879 g/mol. The van der Waals surface area contributed by atoms with Crippen molar-refractivity contribution in [2.75, 3.05) is 4.90 Å². The summed E-state index contributed by atoms with van der Waals surface area (Å²) in [7, 11) is 0. The summed E-state index contributed by atoms with van der Waals surface area (Å²) in [6, 6.07) is 74.8. The molecule has 0 fully saturated rings. The van der Waals surface area contributed by atoms with Crippen LogP contribution in [0.5, 0.6) is 0 Å². The summed E-state index contributed by atoms with van der Waals surface area (Å²) in [6.07, 6.45) is 0. The van der Waals surface area contributed by atoms with Crippen molar-refractivity contribution in [3.63, 3.8) is 0 Å². The minimum Gasteiger partial charge on any atom is -0.455 e. The van der Waals surface area contributed by atoms with Crippen molar-refractivity contribution < 1.29 is 4.42 Å². The van der Waals surface area contributed by atoms with E-state index in [1.807, 2.05) is 6.07 Å². The zero-order valence-electron chi connectivity index (χ0n) is 40.4. The first-order valence-corrected chi connectivity index (χ1v) is 24.3. The quantitative estimate of drug-likeness (QED) is 0.165. The van der Waals surface area contributed by atoms with E-state index in [1.54, 1.807) is 0 Å². The average molecular weight is 880 g/mol. The molecule has 0 spiro atoms. The summed E-state index contributed by atoms with van der Waals surface area (Å²) in [5.41, 5.74) is 22.4. The third-order valence-corrected chi connectivity index (χ3v) is 15.2. The molecule has 0 N–H and O–H groups in total. The molecule has 2 nitrogen and oxygen atoms in total. The third-order valence-electron chi connectivity index (χ3n) is 15.2. The Balaban J connectivity index is 1.10. The summed E-state index contributed by atoms with van der Waals surface area (Å²) in [6.45, 7) is 18.9. The highest BCUT2D eigenvalue weighted by molar-refractivity contribution is 6.09. The highest BCUT2D eigenvalue weighted by atomic mass is 16.3. The number of anilines is 3. The second kappa shape index (κ2) is 15.0. The molecule has 2 aliphatic rings. The van der Waals surface area contributed by atoms with Crippen molar-refractivity contribution in [1.29, 1.82) is 0 Å². The lowest BCUT2D eigenvalue weighted by atomic mass is 9.66. The van der Waals surface area contributed by atoms with Crippen LogP contribution >= 0.6 is 0 Å². The van der Waals surface area contributed by atoms with Crippen molar-refractivity contribution >= 4 is 39.0 Å². The molecule has 0 saturated carbocycles. The summed E-state index contributed by atoms with van der Waals surface area (Å²) in [5, 5.41) is 2.27. The van der Waals surface area contributed by atoms with Crippen molar-refractivity contribution in [3.8, 4) is 33.4 Å². The molecule has 1 heterocycles. The van der Waals surface area contributed by atoms with Crippen molar-refractivity contribution in [1.82, 2.24) is 0 Å². The van der Waals surface area contributed by atoms with Crippen LogP contribution in [0.2, 0.25) is 0 Å². The minimum atomic E-state index is -0.532. The molecule has 9 aromatic carbocycles. The Kier molecular flexibility index (Phi) is 9.29. The maximum absolute atomic E-state index is 6.54. The van der Waals surface area contributed by atoms with E-state index in [0.29, 0.717) is 0 Å². The van der Waals surface area contributed by atoms with E-state index < -0.39 is 5.41 Å². The van der Waals surface area contributed by atoms with Gasteiger partial charge in [0.15, 0.2) is 0 Å². The fraction of sp³-hybridized carbons (Fsp3) is 0.182. The molecule has 68 heavy (non-hydrogen) atoms. The van der Waals surface area contributed by atoms with Crippen LogP contribution in [0.1, 0.15) is 99.9 Å². The zero-order chi connectivity index (χ0) is 46.7. The fourth-order valence-electron chi connectivity index (χ4n) is 11.9. The van der Waals surface area contributed by atoms with Crippen LogP contribution in [0, 0.1) is 0 Å². The van der Waals surface area contributed by atoms with E-state index in [9.17, 15) is 0 Å². The lowest BCUT2D eigenvalue weighted by Crippen LogP contribution is -2.30. The summed E-state index contributed by atoms with van der Waals surface area (Å²) in [4.78, 5) is 2.48. The third kappa shape index (κ3) is 6.23. The van der Waals surface area contributed by atoms with Crippen molar-refractivity contribution in [3.05, 3.63) is 245 Å². The minimum absolute atomic E-state index is 0.0728. The molecule has 0 amide bonds. The van der Waals surface area contributed by atoms with Gasteiger partial charge in [0.1, 0.15) is 11.2 Å². The Morgan fingerprint density at radius 2 is 0.926 bits per heavy atom. The highest BCUT2D eigenvalue weighted by Gasteiger charge is 2.48. The van der Waals surface area contributed by atoms with Crippen LogP contribution in [0.3, 0.4) is 0 Å². The predicted octanol–water partition coefficient (Wildman–Crippen LogP) is 18.0. The SMILES string of the molecule is CC(C)(C)c1cc2c(cc1C(C)(C)C)C(c1ccccc1)(c1ccccc1)c1ccc(N(c3ccc(-c4cccc5c4oc4ccccc45)cc3)c3ccc4c(c3)C(C)(C)c3ccccc3-4)cc1-2. The van der Waals surface area contributed by atoms with Crippen LogP contribution < -0.4 is 4.90 Å². The number of rotatable bonds is 6. The van der Waals surface area contributed by atoms with Gasteiger partial charge in [-0.2, -0.15) is 0 Å². The Bertz CT molecular complexity index is 3560. The fourth-order valence-corrected chi connectivity index (χ4v) is 11.9. The number of hydrogen-bond acceptors (Lipinski definition) is 2. The molecule has 0 bridgehead atoms. The summed E-state index contributed by atoms with van der Waals surface area (Å²) >= 11 is 0. The molecule has 0 unspecified atom stereocenters. The first-order valence-electron chi connectivity index (χ1n) is 24.3. The number of furan rings is 1. The van der Waals surface area contributed by atoms with Crippen molar-refractivity contribution in [2.24, 2.45) is 0 Å². The van der Waals surface area contributed by atoms with E-state index in [1.165, 1.54) is 66.8 Å².